The Morgan fingerprint density at radius 3 is 2.60 bits per heavy atom. The van der Waals surface area contributed by atoms with Gasteiger partial charge in [-0.1, -0.05) is 6.07 Å². The number of methoxy groups -OCH3 is 1. The van der Waals surface area contributed by atoms with E-state index in [0.29, 0.717) is 28.0 Å². The quantitative estimate of drug-likeness (QED) is 0.679. The summed E-state index contributed by atoms with van der Waals surface area (Å²) >= 11 is 0. The fourth-order valence-corrected chi connectivity index (χ4v) is 2.52. The molecule has 128 valence electrons. The van der Waals surface area contributed by atoms with E-state index in [1.165, 1.54) is 26.2 Å². The molecule has 0 aliphatic heterocycles. The number of fused-ring (bicyclic) bond motifs is 1. The molecule has 0 saturated carbocycles. The van der Waals surface area contributed by atoms with Crippen molar-refractivity contribution in [2.45, 2.75) is 6.92 Å². The van der Waals surface area contributed by atoms with E-state index >= 15 is 0 Å². The third-order valence-electron chi connectivity index (χ3n) is 3.62. The largest absolute Gasteiger partial charge is 0.495 e. The van der Waals surface area contributed by atoms with Gasteiger partial charge in [0.05, 0.1) is 12.8 Å². The van der Waals surface area contributed by atoms with E-state index in [9.17, 15) is 14.0 Å². The first kappa shape index (κ1) is 16.5. The van der Waals surface area contributed by atoms with Crippen molar-refractivity contribution >= 4 is 34.1 Å². The SMILES string of the molecule is COc1ccc(NC(C)=O)cc1NC(=O)c1cc2c(F)cccc2[nH]1. The molecule has 3 N–H and O–H groups in total. The summed E-state index contributed by atoms with van der Waals surface area (Å²) in [4.78, 5) is 26.6. The molecule has 0 spiro atoms. The second-order valence-corrected chi connectivity index (χ2v) is 5.43. The minimum Gasteiger partial charge on any atom is -0.495 e. The normalized spacial score (nSPS) is 10.5. The number of benzene rings is 2. The molecule has 0 bridgehead atoms. The van der Waals surface area contributed by atoms with Gasteiger partial charge in [-0.25, -0.2) is 4.39 Å². The summed E-state index contributed by atoms with van der Waals surface area (Å²) in [6.07, 6.45) is 0. The number of hydrogen-bond donors (Lipinski definition) is 3. The summed E-state index contributed by atoms with van der Waals surface area (Å²) in [5.41, 5.74) is 1.65. The molecule has 1 heterocycles. The highest BCUT2D eigenvalue weighted by molar-refractivity contribution is 6.07. The van der Waals surface area contributed by atoms with Gasteiger partial charge in [-0.2, -0.15) is 0 Å². The van der Waals surface area contributed by atoms with Crippen molar-refractivity contribution in [1.29, 1.82) is 0 Å². The monoisotopic (exact) mass is 341 g/mol. The summed E-state index contributed by atoms with van der Waals surface area (Å²) in [6, 6.07) is 10.9. The highest BCUT2D eigenvalue weighted by Crippen LogP contribution is 2.28. The number of nitrogens with one attached hydrogen (secondary N) is 3. The molecule has 1 aromatic heterocycles. The fourth-order valence-electron chi connectivity index (χ4n) is 2.52. The molecule has 0 radical (unpaired) electrons. The summed E-state index contributed by atoms with van der Waals surface area (Å²) in [7, 11) is 1.47. The Balaban J connectivity index is 1.90. The highest BCUT2D eigenvalue weighted by atomic mass is 19.1. The standard InChI is InChI=1S/C18H16FN3O3/c1-10(23)20-11-6-7-17(25-2)15(8-11)22-18(24)16-9-12-13(19)4-3-5-14(12)21-16/h3-9,21H,1-2H3,(H,20,23)(H,22,24). The van der Waals surface area contributed by atoms with Crippen LogP contribution in [0.1, 0.15) is 17.4 Å². The lowest BCUT2D eigenvalue weighted by atomic mass is 10.2. The molecular weight excluding hydrogens is 325 g/mol. The third-order valence-corrected chi connectivity index (χ3v) is 3.62. The van der Waals surface area contributed by atoms with Crippen LogP contribution >= 0.6 is 0 Å². The van der Waals surface area contributed by atoms with Crippen LogP contribution in [-0.4, -0.2) is 23.9 Å². The van der Waals surface area contributed by atoms with Gasteiger partial charge in [-0.05, 0) is 36.4 Å². The van der Waals surface area contributed by atoms with Crippen LogP contribution in [0, 0.1) is 5.82 Å². The van der Waals surface area contributed by atoms with Crippen molar-refractivity contribution in [3.63, 3.8) is 0 Å². The van der Waals surface area contributed by atoms with Crippen LogP contribution in [0.3, 0.4) is 0 Å². The molecule has 6 nitrogen and oxygen atoms in total. The molecule has 25 heavy (non-hydrogen) atoms. The zero-order chi connectivity index (χ0) is 18.0. The van der Waals surface area contributed by atoms with E-state index in [1.54, 1.807) is 30.3 Å². The first-order chi connectivity index (χ1) is 12.0. The Bertz CT molecular complexity index is 965. The van der Waals surface area contributed by atoms with E-state index in [4.69, 9.17) is 4.74 Å². The maximum atomic E-state index is 13.8. The third kappa shape index (κ3) is 3.45. The molecule has 2 amide bonds. The first-order valence-corrected chi connectivity index (χ1v) is 7.52. The number of carbonyl (C=O) groups is 2. The van der Waals surface area contributed by atoms with Gasteiger partial charge in [0.2, 0.25) is 5.91 Å². The topological polar surface area (TPSA) is 83.2 Å². The number of rotatable bonds is 4. The number of carbonyl (C=O) groups excluding carboxylic acids is 2. The van der Waals surface area contributed by atoms with Gasteiger partial charge in [0, 0.05) is 23.5 Å². The highest BCUT2D eigenvalue weighted by Gasteiger charge is 2.14. The van der Waals surface area contributed by atoms with Crippen LogP contribution in [-0.2, 0) is 4.79 Å². The molecule has 0 atom stereocenters. The van der Waals surface area contributed by atoms with Crippen LogP contribution in [0.15, 0.2) is 42.5 Å². The van der Waals surface area contributed by atoms with Gasteiger partial charge >= 0.3 is 0 Å². The summed E-state index contributed by atoms with van der Waals surface area (Å²) in [5.74, 6) is -0.648. The number of halogens is 1. The maximum absolute atomic E-state index is 13.8. The van der Waals surface area contributed by atoms with Gasteiger partial charge in [0.15, 0.2) is 0 Å². The van der Waals surface area contributed by atoms with Crippen molar-refractivity contribution in [3.05, 3.63) is 54.0 Å². The summed E-state index contributed by atoms with van der Waals surface area (Å²) in [5, 5.41) is 5.68. The van der Waals surface area contributed by atoms with E-state index in [0.717, 1.165) is 0 Å². The number of aromatic amines is 1. The number of ether oxygens (including phenoxy) is 1. The van der Waals surface area contributed by atoms with Gasteiger partial charge in [-0.3, -0.25) is 9.59 Å². The summed E-state index contributed by atoms with van der Waals surface area (Å²) in [6.45, 7) is 1.39. The molecule has 0 fully saturated rings. The second-order valence-electron chi connectivity index (χ2n) is 5.43. The minimum atomic E-state index is -0.450. The predicted octanol–water partition coefficient (Wildman–Crippen LogP) is 3.53. The Labute approximate surface area is 143 Å². The van der Waals surface area contributed by atoms with Crippen LogP contribution < -0.4 is 15.4 Å². The Hall–Kier alpha value is -3.35. The van der Waals surface area contributed by atoms with Gasteiger partial charge in [0.25, 0.3) is 5.91 Å². The summed E-state index contributed by atoms with van der Waals surface area (Å²) < 4.78 is 19.0. The molecule has 3 aromatic rings. The molecule has 7 heteroatoms. The smallest absolute Gasteiger partial charge is 0.272 e. The molecule has 3 rings (SSSR count). The lowest BCUT2D eigenvalue weighted by Crippen LogP contribution is -2.14. The Morgan fingerprint density at radius 1 is 1.12 bits per heavy atom. The lowest BCUT2D eigenvalue weighted by Gasteiger charge is -2.12. The number of hydrogen-bond acceptors (Lipinski definition) is 3. The maximum Gasteiger partial charge on any atom is 0.272 e. The number of H-pyrrole nitrogens is 1. The van der Waals surface area contributed by atoms with E-state index in [1.807, 2.05) is 0 Å². The van der Waals surface area contributed by atoms with Gasteiger partial charge < -0.3 is 20.4 Å². The van der Waals surface area contributed by atoms with Crippen LogP contribution in [0.5, 0.6) is 5.75 Å². The molecule has 0 saturated heterocycles. The van der Waals surface area contributed by atoms with Crippen molar-refractivity contribution in [2.24, 2.45) is 0 Å². The van der Waals surface area contributed by atoms with Crippen molar-refractivity contribution < 1.29 is 18.7 Å². The average Bonchev–Trinajstić information content (AvgIpc) is 3.00. The van der Waals surface area contributed by atoms with Crippen LogP contribution in [0.2, 0.25) is 0 Å². The molecule has 0 aliphatic carbocycles. The number of aromatic nitrogens is 1. The van der Waals surface area contributed by atoms with Crippen molar-refractivity contribution in [2.75, 3.05) is 17.7 Å². The lowest BCUT2D eigenvalue weighted by molar-refractivity contribution is -0.114. The van der Waals surface area contributed by atoms with E-state index < -0.39 is 11.7 Å². The Morgan fingerprint density at radius 2 is 1.92 bits per heavy atom. The zero-order valence-electron chi connectivity index (χ0n) is 13.6. The second kappa shape index (κ2) is 6.64. The fraction of sp³-hybridized carbons (Fsp3) is 0.111. The van der Waals surface area contributed by atoms with E-state index in [2.05, 4.69) is 15.6 Å². The van der Waals surface area contributed by atoms with Crippen LogP contribution in [0.25, 0.3) is 10.9 Å². The Kier molecular flexibility index (Phi) is 4.38. The number of amides is 2. The van der Waals surface area contributed by atoms with Crippen molar-refractivity contribution in [1.82, 2.24) is 4.98 Å². The van der Waals surface area contributed by atoms with Crippen molar-refractivity contribution in [3.8, 4) is 5.75 Å². The first-order valence-electron chi connectivity index (χ1n) is 7.52. The molecular formula is C18H16FN3O3. The molecule has 2 aromatic carbocycles. The minimum absolute atomic E-state index is 0.215. The van der Waals surface area contributed by atoms with E-state index in [-0.39, 0.29) is 11.6 Å². The predicted molar refractivity (Wildman–Crippen MR) is 93.5 cm³/mol. The molecule has 0 aliphatic rings. The van der Waals surface area contributed by atoms with Gasteiger partial charge in [-0.15, -0.1) is 0 Å². The van der Waals surface area contributed by atoms with Crippen LogP contribution in [0.4, 0.5) is 15.8 Å². The zero-order valence-corrected chi connectivity index (χ0v) is 13.6. The average molecular weight is 341 g/mol. The number of anilines is 2. The molecule has 0 unspecified atom stereocenters. The van der Waals surface area contributed by atoms with Gasteiger partial charge in [0.1, 0.15) is 17.3 Å².